The van der Waals surface area contributed by atoms with Crippen molar-refractivity contribution in [3.05, 3.63) is 53.6 Å². The van der Waals surface area contributed by atoms with Gasteiger partial charge in [-0.15, -0.1) is 0 Å². The first-order chi connectivity index (χ1) is 20.5. The standard InChI is InChI=1S/C36H52O6/c1-5-6-7-8-9-10-11-12-13-14-15-16-17-18-19-20-35(38)42-34-28-31(40-3)27-33(41-4)36(34)32(37)26-23-29-21-24-30(39-2)25-22-29/h21-28H,5-20H2,1-4H3/b26-23+. The van der Waals surface area contributed by atoms with Gasteiger partial charge in [0.2, 0.25) is 0 Å². The van der Waals surface area contributed by atoms with E-state index in [1.165, 1.54) is 97.3 Å². The third kappa shape index (κ3) is 13.6. The predicted molar refractivity (Wildman–Crippen MR) is 171 cm³/mol. The lowest BCUT2D eigenvalue weighted by molar-refractivity contribution is -0.134. The van der Waals surface area contributed by atoms with E-state index in [2.05, 4.69) is 6.92 Å². The van der Waals surface area contributed by atoms with E-state index in [4.69, 9.17) is 18.9 Å². The summed E-state index contributed by atoms with van der Waals surface area (Å²) in [6.07, 6.45) is 22.4. The van der Waals surface area contributed by atoms with Crippen LogP contribution < -0.4 is 18.9 Å². The molecule has 0 N–H and O–H groups in total. The molecule has 0 aliphatic rings. The molecule has 0 amide bonds. The number of rotatable bonds is 23. The van der Waals surface area contributed by atoms with Crippen molar-refractivity contribution in [2.45, 2.75) is 110 Å². The van der Waals surface area contributed by atoms with Gasteiger partial charge in [-0.3, -0.25) is 9.59 Å². The van der Waals surface area contributed by atoms with Gasteiger partial charge in [-0.05, 0) is 30.2 Å². The highest BCUT2D eigenvalue weighted by molar-refractivity contribution is 6.11. The first-order valence-electron chi connectivity index (χ1n) is 15.9. The second-order valence-corrected chi connectivity index (χ2v) is 10.8. The molecule has 2 aromatic rings. The van der Waals surface area contributed by atoms with E-state index in [0.717, 1.165) is 30.6 Å². The number of carbonyl (C=O) groups is 2. The average Bonchev–Trinajstić information content (AvgIpc) is 3.01. The molecule has 42 heavy (non-hydrogen) atoms. The third-order valence-corrected chi connectivity index (χ3v) is 7.49. The number of benzene rings is 2. The van der Waals surface area contributed by atoms with Gasteiger partial charge in [0.15, 0.2) is 5.78 Å². The molecule has 2 aromatic carbocycles. The highest BCUT2D eigenvalue weighted by Crippen LogP contribution is 2.35. The zero-order valence-electron chi connectivity index (χ0n) is 26.4. The van der Waals surface area contributed by atoms with Crippen LogP contribution in [0.3, 0.4) is 0 Å². The Morgan fingerprint density at radius 2 is 1.12 bits per heavy atom. The molecule has 0 saturated carbocycles. The van der Waals surface area contributed by atoms with Crippen LogP contribution in [0, 0.1) is 0 Å². The van der Waals surface area contributed by atoms with E-state index < -0.39 is 0 Å². The molecule has 6 heteroatoms. The molecule has 2 rings (SSSR count). The van der Waals surface area contributed by atoms with Crippen molar-refractivity contribution in [3.63, 3.8) is 0 Å². The van der Waals surface area contributed by atoms with Crippen LogP contribution in [0.25, 0.3) is 6.08 Å². The van der Waals surface area contributed by atoms with Gasteiger partial charge < -0.3 is 18.9 Å². The average molecular weight is 581 g/mol. The van der Waals surface area contributed by atoms with Crippen LogP contribution >= 0.6 is 0 Å². The molecule has 0 aliphatic carbocycles. The van der Waals surface area contributed by atoms with Crippen molar-refractivity contribution in [2.24, 2.45) is 0 Å². The zero-order chi connectivity index (χ0) is 30.4. The fourth-order valence-electron chi connectivity index (χ4n) is 4.95. The molecular weight excluding hydrogens is 528 g/mol. The van der Waals surface area contributed by atoms with Crippen molar-refractivity contribution >= 4 is 17.8 Å². The number of unbranched alkanes of at least 4 members (excludes halogenated alkanes) is 14. The Hall–Kier alpha value is -3.28. The highest BCUT2D eigenvalue weighted by Gasteiger charge is 2.21. The van der Waals surface area contributed by atoms with Crippen LogP contribution in [-0.4, -0.2) is 33.1 Å². The van der Waals surface area contributed by atoms with Crippen LogP contribution in [0.15, 0.2) is 42.5 Å². The van der Waals surface area contributed by atoms with Crippen LogP contribution in [0.5, 0.6) is 23.0 Å². The van der Waals surface area contributed by atoms with Gasteiger partial charge >= 0.3 is 5.97 Å². The molecule has 0 atom stereocenters. The largest absolute Gasteiger partial charge is 0.497 e. The van der Waals surface area contributed by atoms with E-state index in [-0.39, 0.29) is 28.8 Å². The fourth-order valence-corrected chi connectivity index (χ4v) is 4.95. The summed E-state index contributed by atoms with van der Waals surface area (Å²) in [6.45, 7) is 2.26. The van der Waals surface area contributed by atoms with Crippen LogP contribution in [0.4, 0.5) is 0 Å². The van der Waals surface area contributed by atoms with Crippen molar-refractivity contribution < 1.29 is 28.5 Å². The number of hydrogen-bond donors (Lipinski definition) is 0. The Labute approximate surface area is 253 Å². The smallest absolute Gasteiger partial charge is 0.311 e. The lowest BCUT2D eigenvalue weighted by Gasteiger charge is -2.14. The Kier molecular flexibility index (Phi) is 17.8. The van der Waals surface area contributed by atoms with Gasteiger partial charge in [0.05, 0.1) is 21.3 Å². The molecule has 0 unspecified atom stereocenters. The van der Waals surface area contributed by atoms with Crippen LogP contribution in [-0.2, 0) is 4.79 Å². The number of hydrogen-bond acceptors (Lipinski definition) is 6. The van der Waals surface area contributed by atoms with Crippen molar-refractivity contribution in [1.29, 1.82) is 0 Å². The number of allylic oxidation sites excluding steroid dienone is 1. The molecule has 0 spiro atoms. The molecule has 232 valence electrons. The summed E-state index contributed by atoms with van der Waals surface area (Å²) >= 11 is 0. The quantitative estimate of drug-likeness (QED) is 0.0428. The summed E-state index contributed by atoms with van der Waals surface area (Å²) in [4.78, 5) is 25.9. The monoisotopic (exact) mass is 580 g/mol. The van der Waals surface area contributed by atoms with Gasteiger partial charge in [-0.1, -0.05) is 115 Å². The molecule has 6 nitrogen and oxygen atoms in total. The third-order valence-electron chi connectivity index (χ3n) is 7.49. The fraction of sp³-hybridized carbons (Fsp3) is 0.556. The second-order valence-electron chi connectivity index (χ2n) is 10.8. The Morgan fingerprint density at radius 3 is 1.62 bits per heavy atom. The van der Waals surface area contributed by atoms with Gasteiger partial charge in [-0.2, -0.15) is 0 Å². The minimum absolute atomic E-state index is 0.140. The van der Waals surface area contributed by atoms with Crippen LogP contribution in [0.1, 0.15) is 126 Å². The Morgan fingerprint density at radius 1 is 0.619 bits per heavy atom. The van der Waals surface area contributed by atoms with Crippen molar-refractivity contribution in [2.75, 3.05) is 21.3 Å². The topological polar surface area (TPSA) is 71.1 Å². The number of esters is 1. The minimum atomic E-state index is -0.367. The minimum Gasteiger partial charge on any atom is -0.497 e. The molecule has 0 saturated heterocycles. The molecule has 0 heterocycles. The van der Waals surface area contributed by atoms with E-state index in [9.17, 15) is 9.59 Å². The van der Waals surface area contributed by atoms with Gasteiger partial charge in [0.25, 0.3) is 0 Å². The molecule has 0 bridgehead atoms. The highest BCUT2D eigenvalue weighted by atomic mass is 16.5. The number of ketones is 1. The summed E-state index contributed by atoms with van der Waals surface area (Å²) in [5.74, 6) is 0.902. The first-order valence-corrected chi connectivity index (χ1v) is 15.9. The Bertz CT molecular complexity index is 1070. The SMILES string of the molecule is CCCCCCCCCCCCCCCCCC(=O)Oc1cc(OC)cc(OC)c1C(=O)/C=C/c1ccc(OC)cc1. The maximum absolute atomic E-state index is 13.2. The first kappa shape index (κ1) is 34.9. The number of methoxy groups -OCH3 is 3. The van der Waals surface area contributed by atoms with Crippen molar-refractivity contribution in [1.82, 2.24) is 0 Å². The molecule has 0 aliphatic heterocycles. The second kappa shape index (κ2) is 21.4. The lowest BCUT2D eigenvalue weighted by atomic mass is 10.0. The van der Waals surface area contributed by atoms with Gasteiger partial charge in [-0.25, -0.2) is 0 Å². The maximum atomic E-state index is 13.2. The molecule has 0 radical (unpaired) electrons. The molecular formula is C36H52O6. The number of ether oxygens (including phenoxy) is 4. The normalized spacial score (nSPS) is 11.0. The van der Waals surface area contributed by atoms with E-state index in [1.807, 2.05) is 24.3 Å². The van der Waals surface area contributed by atoms with E-state index in [1.54, 1.807) is 25.3 Å². The van der Waals surface area contributed by atoms with Crippen molar-refractivity contribution in [3.8, 4) is 23.0 Å². The lowest BCUT2D eigenvalue weighted by Crippen LogP contribution is -2.12. The summed E-state index contributed by atoms with van der Waals surface area (Å²) in [7, 11) is 4.59. The summed E-state index contributed by atoms with van der Waals surface area (Å²) in [6, 6.07) is 10.5. The summed E-state index contributed by atoms with van der Waals surface area (Å²) < 4.78 is 21.7. The Balaban J connectivity index is 1.77. The van der Waals surface area contributed by atoms with Gasteiger partial charge in [0.1, 0.15) is 28.6 Å². The van der Waals surface area contributed by atoms with Crippen LogP contribution in [0.2, 0.25) is 0 Å². The zero-order valence-corrected chi connectivity index (χ0v) is 26.4. The summed E-state index contributed by atoms with van der Waals surface area (Å²) in [5.41, 5.74) is 1.02. The maximum Gasteiger partial charge on any atom is 0.311 e. The molecule has 0 aromatic heterocycles. The van der Waals surface area contributed by atoms with E-state index in [0.29, 0.717) is 12.2 Å². The number of carbonyl (C=O) groups excluding carboxylic acids is 2. The van der Waals surface area contributed by atoms with Gasteiger partial charge in [0, 0.05) is 18.6 Å². The summed E-state index contributed by atoms with van der Waals surface area (Å²) in [5, 5.41) is 0. The predicted octanol–water partition coefficient (Wildman–Crippen LogP) is 9.78. The molecule has 0 fully saturated rings. The van der Waals surface area contributed by atoms with E-state index >= 15 is 0 Å².